The highest BCUT2D eigenvalue weighted by atomic mass is 35.5. The Balaban J connectivity index is 1.91. The van der Waals surface area contributed by atoms with E-state index in [9.17, 15) is 26.4 Å². The third-order valence-corrected chi connectivity index (χ3v) is 6.18. The van der Waals surface area contributed by atoms with E-state index in [0.717, 1.165) is 18.2 Å². The summed E-state index contributed by atoms with van der Waals surface area (Å²) in [6.45, 7) is 0.0870. The summed E-state index contributed by atoms with van der Waals surface area (Å²) in [6, 6.07) is 2.56. The van der Waals surface area contributed by atoms with Gasteiger partial charge in [-0.3, -0.25) is 4.79 Å². The number of benzene rings is 1. The van der Waals surface area contributed by atoms with Crippen LogP contribution in [-0.2, 0) is 20.8 Å². The van der Waals surface area contributed by atoms with Crippen molar-refractivity contribution in [3.63, 3.8) is 0 Å². The molecule has 2 rings (SSSR count). The molecule has 0 aliphatic carbocycles. The molecule has 1 fully saturated rings. The molecular formula is C15H18ClF3N2O3S. The van der Waals surface area contributed by atoms with Crippen LogP contribution in [0.1, 0.15) is 18.4 Å². The summed E-state index contributed by atoms with van der Waals surface area (Å²) in [4.78, 5) is 13.5. The average Bonchev–Trinajstić information content (AvgIpc) is 2.87. The van der Waals surface area contributed by atoms with Crippen molar-refractivity contribution >= 4 is 33.0 Å². The Labute approximate surface area is 149 Å². The number of rotatable bonds is 5. The summed E-state index contributed by atoms with van der Waals surface area (Å²) in [7, 11) is -1.56. The van der Waals surface area contributed by atoms with Crippen LogP contribution in [0.25, 0.3) is 0 Å². The molecule has 1 saturated heterocycles. The third-order valence-electron chi connectivity index (χ3n) is 4.10. The molecule has 1 amide bonds. The fraction of sp³-hybridized carbons (Fsp3) is 0.533. The Bertz CT molecular complexity index is 753. The number of carbonyl (C=O) groups excluding carboxylic acids is 1. The molecule has 0 spiro atoms. The van der Waals surface area contributed by atoms with Gasteiger partial charge in [0.05, 0.1) is 27.8 Å². The normalized spacial score (nSPS) is 19.6. The fourth-order valence-electron chi connectivity index (χ4n) is 2.60. The Kier molecular flexibility index (Phi) is 5.88. The molecule has 0 aromatic heterocycles. The number of alkyl halides is 3. The molecule has 1 atom stereocenters. The van der Waals surface area contributed by atoms with Gasteiger partial charge in [-0.25, -0.2) is 8.42 Å². The molecule has 1 heterocycles. The van der Waals surface area contributed by atoms with E-state index in [4.69, 9.17) is 11.6 Å². The molecule has 0 saturated carbocycles. The summed E-state index contributed by atoms with van der Waals surface area (Å²) in [5.41, 5.74) is -0.741. The van der Waals surface area contributed by atoms with E-state index in [2.05, 4.69) is 5.32 Å². The lowest BCUT2D eigenvalue weighted by atomic mass is 10.2. The number of halogens is 4. The summed E-state index contributed by atoms with van der Waals surface area (Å²) >= 11 is 5.87. The topological polar surface area (TPSA) is 66.5 Å². The highest BCUT2D eigenvalue weighted by Crippen LogP contribution is 2.33. The zero-order valence-electron chi connectivity index (χ0n) is 13.4. The SMILES string of the molecule is CN(C(=O)CCNc1cc(C(F)(F)F)ccc1Cl)C1CCS(=O)(=O)C1. The first-order valence-corrected chi connectivity index (χ1v) is 9.76. The quantitative estimate of drug-likeness (QED) is 0.828. The van der Waals surface area contributed by atoms with Crippen molar-refractivity contribution in [1.29, 1.82) is 0 Å². The second-order valence-electron chi connectivity index (χ2n) is 5.93. The van der Waals surface area contributed by atoms with Crippen LogP contribution in [0, 0.1) is 0 Å². The highest BCUT2D eigenvalue weighted by Gasteiger charge is 2.33. The van der Waals surface area contributed by atoms with Crippen molar-refractivity contribution < 1.29 is 26.4 Å². The van der Waals surface area contributed by atoms with E-state index in [-0.39, 0.29) is 47.1 Å². The summed E-state index contributed by atoms with van der Waals surface area (Å²) in [5.74, 6) is -0.270. The number of anilines is 1. The number of carbonyl (C=O) groups is 1. The maximum absolute atomic E-state index is 12.7. The fourth-order valence-corrected chi connectivity index (χ4v) is 4.56. The van der Waals surface area contributed by atoms with Gasteiger partial charge in [0, 0.05) is 26.1 Å². The number of hydrogen-bond donors (Lipinski definition) is 1. The minimum absolute atomic E-state index is 0.0135. The van der Waals surface area contributed by atoms with E-state index in [0.29, 0.717) is 6.42 Å². The van der Waals surface area contributed by atoms with Crippen LogP contribution >= 0.6 is 11.6 Å². The van der Waals surface area contributed by atoms with E-state index >= 15 is 0 Å². The molecule has 1 aromatic carbocycles. The van der Waals surface area contributed by atoms with E-state index in [1.807, 2.05) is 0 Å². The lowest BCUT2D eigenvalue weighted by Crippen LogP contribution is -2.38. The minimum atomic E-state index is -4.48. The third kappa shape index (κ3) is 5.24. The average molecular weight is 399 g/mol. The van der Waals surface area contributed by atoms with Gasteiger partial charge >= 0.3 is 6.18 Å². The Morgan fingerprint density at radius 1 is 1.40 bits per heavy atom. The first-order valence-electron chi connectivity index (χ1n) is 7.56. The molecule has 1 unspecified atom stereocenters. The van der Waals surface area contributed by atoms with Crippen LogP contribution in [0.3, 0.4) is 0 Å². The zero-order valence-corrected chi connectivity index (χ0v) is 15.0. The molecule has 1 aromatic rings. The molecule has 0 radical (unpaired) electrons. The van der Waals surface area contributed by atoms with E-state index < -0.39 is 21.6 Å². The van der Waals surface area contributed by atoms with E-state index in [1.54, 1.807) is 0 Å². The van der Waals surface area contributed by atoms with Crippen molar-refractivity contribution in [3.8, 4) is 0 Å². The summed E-state index contributed by atoms with van der Waals surface area (Å²) in [5, 5.41) is 2.84. The highest BCUT2D eigenvalue weighted by molar-refractivity contribution is 7.91. The monoisotopic (exact) mass is 398 g/mol. The zero-order chi connectivity index (χ0) is 18.8. The molecule has 1 N–H and O–H groups in total. The minimum Gasteiger partial charge on any atom is -0.383 e. The molecular weight excluding hydrogens is 381 g/mol. The van der Waals surface area contributed by atoms with Crippen LogP contribution in [0.5, 0.6) is 0 Å². The molecule has 1 aliphatic rings. The molecule has 10 heteroatoms. The van der Waals surface area contributed by atoms with Crippen LogP contribution in [0.4, 0.5) is 18.9 Å². The predicted molar refractivity (Wildman–Crippen MR) is 89.4 cm³/mol. The van der Waals surface area contributed by atoms with Crippen molar-refractivity contribution in [1.82, 2.24) is 4.90 Å². The number of nitrogens with one attached hydrogen (secondary N) is 1. The van der Waals surface area contributed by atoms with Gasteiger partial charge in [-0.2, -0.15) is 13.2 Å². The number of amides is 1. The molecule has 140 valence electrons. The largest absolute Gasteiger partial charge is 0.416 e. The number of sulfone groups is 1. The number of hydrogen-bond acceptors (Lipinski definition) is 4. The Morgan fingerprint density at radius 3 is 2.64 bits per heavy atom. The first kappa shape index (κ1) is 19.8. The molecule has 0 bridgehead atoms. The van der Waals surface area contributed by atoms with Crippen LogP contribution < -0.4 is 5.32 Å². The van der Waals surface area contributed by atoms with Gasteiger partial charge in [0.15, 0.2) is 9.84 Å². The van der Waals surface area contributed by atoms with Gasteiger partial charge in [-0.05, 0) is 24.6 Å². The van der Waals surface area contributed by atoms with Crippen molar-refractivity contribution in [2.45, 2.75) is 25.1 Å². The van der Waals surface area contributed by atoms with Crippen molar-refractivity contribution in [3.05, 3.63) is 28.8 Å². The van der Waals surface area contributed by atoms with Gasteiger partial charge in [0.25, 0.3) is 0 Å². The standard InChI is InChI=1S/C15H18ClF3N2O3S/c1-21(11-5-7-25(23,24)9-11)14(22)4-6-20-13-8-10(15(17,18)19)2-3-12(13)16/h2-3,8,11,20H,4-7,9H2,1H3. The Morgan fingerprint density at radius 2 is 2.08 bits per heavy atom. The van der Waals surface area contributed by atoms with E-state index in [1.165, 1.54) is 11.9 Å². The Hall–Kier alpha value is -1.48. The molecule has 5 nitrogen and oxygen atoms in total. The van der Waals surface area contributed by atoms with Gasteiger partial charge in [0.1, 0.15) is 0 Å². The maximum atomic E-state index is 12.7. The predicted octanol–water partition coefficient (Wildman–Crippen LogP) is 2.81. The smallest absolute Gasteiger partial charge is 0.383 e. The second-order valence-corrected chi connectivity index (χ2v) is 8.57. The number of nitrogens with zero attached hydrogens (tertiary/aromatic N) is 1. The second kappa shape index (κ2) is 7.41. The summed E-state index contributed by atoms with van der Waals surface area (Å²) in [6.07, 6.45) is -4.07. The maximum Gasteiger partial charge on any atom is 0.416 e. The lowest BCUT2D eigenvalue weighted by molar-refractivity contribution is -0.137. The first-order chi connectivity index (χ1) is 11.5. The van der Waals surface area contributed by atoms with Crippen LogP contribution in [0.15, 0.2) is 18.2 Å². The lowest BCUT2D eigenvalue weighted by Gasteiger charge is -2.23. The van der Waals surface area contributed by atoms with Gasteiger partial charge in [0.2, 0.25) is 5.91 Å². The van der Waals surface area contributed by atoms with Crippen molar-refractivity contribution in [2.75, 3.05) is 30.4 Å². The molecule has 1 aliphatic heterocycles. The summed E-state index contributed by atoms with van der Waals surface area (Å²) < 4.78 is 61.1. The van der Waals surface area contributed by atoms with Crippen LogP contribution in [0.2, 0.25) is 5.02 Å². The van der Waals surface area contributed by atoms with Gasteiger partial charge in [-0.1, -0.05) is 11.6 Å². The van der Waals surface area contributed by atoms with Gasteiger partial charge < -0.3 is 10.2 Å². The van der Waals surface area contributed by atoms with Crippen LogP contribution in [-0.4, -0.2) is 50.4 Å². The molecule has 25 heavy (non-hydrogen) atoms. The van der Waals surface area contributed by atoms with Gasteiger partial charge in [-0.15, -0.1) is 0 Å². The van der Waals surface area contributed by atoms with Crippen molar-refractivity contribution in [2.24, 2.45) is 0 Å².